The Balaban J connectivity index is 2.05. The van der Waals surface area contributed by atoms with E-state index in [-0.39, 0.29) is 0 Å². The minimum Gasteiger partial charge on any atom is -0.350 e. The Morgan fingerprint density at radius 3 is 2.88 bits per heavy atom. The van der Waals surface area contributed by atoms with Crippen LogP contribution in [0.15, 0.2) is 30.6 Å². The summed E-state index contributed by atoms with van der Waals surface area (Å²) in [6.45, 7) is 2.48. The highest BCUT2D eigenvalue weighted by Gasteiger charge is 1.98. The highest BCUT2D eigenvalue weighted by atomic mass is 15.1. The number of pyridine rings is 1. The molecule has 0 aliphatic heterocycles. The molecule has 84 valence electrons. The second-order valence-electron chi connectivity index (χ2n) is 3.54. The molecule has 0 unspecified atom stereocenters. The average Bonchev–Trinajstić information content (AvgIpc) is 2.37. The number of nitrogens with zero attached hydrogens (tertiary/aromatic N) is 4. The molecule has 0 bridgehead atoms. The number of aromatic nitrogens is 3. The maximum Gasteiger partial charge on any atom is 0.223 e. The fourth-order valence-corrected chi connectivity index (χ4v) is 1.36. The molecule has 0 saturated carbocycles. The standard InChI is InChI=1S/C12H11N5/c1-9-2-4-15-12(17-9)16-8-10-3-5-14-11(6-10)7-13/h2-6H,8H2,1H3,(H,15,16,17). The van der Waals surface area contributed by atoms with E-state index in [2.05, 4.69) is 20.3 Å². The van der Waals surface area contributed by atoms with E-state index >= 15 is 0 Å². The minimum absolute atomic E-state index is 0.412. The third-order valence-corrected chi connectivity index (χ3v) is 2.18. The predicted octanol–water partition coefficient (Wildman–Crippen LogP) is 1.66. The monoisotopic (exact) mass is 225 g/mol. The molecule has 17 heavy (non-hydrogen) atoms. The van der Waals surface area contributed by atoms with Crippen LogP contribution >= 0.6 is 0 Å². The van der Waals surface area contributed by atoms with Gasteiger partial charge in [0.05, 0.1) is 0 Å². The van der Waals surface area contributed by atoms with Gasteiger partial charge in [0.15, 0.2) is 0 Å². The van der Waals surface area contributed by atoms with Gasteiger partial charge in [0.2, 0.25) is 5.95 Å². The fourth-order valence-electron chi connectivity index (χ4n) is 1.36. The van der Waals surface area contributed by atoms with Crippen molar-refractivity contribution in [3.63, 3.8) is 0 Å². The van der Waals surface area contributed by atoms with Crippen molar-refractivity contribution in [2.45, 2.75) is 13.5 Å². The summed E-state index contributed by atoms with van der Waals surface area (Å²) >= 11 is 0. The molecule has 5 nitrogen and oxygen atoms in total. The van der Waals surface area contributed by atoms with Crippen LogP contribution in [0.25, 0.3) is 0 Å². The van der Waals surface area contributed by atoms with Crippen LogP contribution < -0.4 is 5.32 Å². The minimum atomic E-state index is 0.412. The number of hydrogen-bond donors (Lipinski definition) is 1. The van der Waals surface area contributed by atoms with Crippen LogP contribution in [-0.2, 0) is 6.54 Å². The summed E-state index contributed by atoms with van der Waals surface area (Å²) in [5.41, 5.74) is 2.30. The summed E-state index contributed by atoms with van der Waals surface area (Å²) in [5, 5.41) is 11.8. The molecule has 0 amide bonds. The number of aryl methyl sites for hydroxylation is 1. The van der Waals surface area contributed by atoms with Gasteiger partial charge in [-0.05, 0) is 30.7 Å². The van der Waals surface area contributed by atoms with Gasteiger partial charge in [0, 0.05) is 24.6 Å². The molecule has 0 fully saturated rings. The summed E-state index contributed by atoms with van der Waals surface area (Å²) in [4.78, 5) is 12.2. The third kappa shape index (κ3) is 2.98. The smallest absolute Gasteiger partial charge is 0.223 e. The second kappa shape index (κ2) is 5.03. The summed E-state index contributed by atoms with van der Waals surface area (Å²) in [6.07, 6.45) is 3.32. The zero-order valence-corrected chi connectivity index (χ0v) is 9.38. The Morgan fingerprint density at radius 2 is 2.12 bits per heavy atom. The van der Waals surface area contributed by atoms with Crippen molar-refractivity contribution >= 4 is 5.95 Å². The molecular weight excluding hydrogens is 214 g/mol. The Kier molecular flexibility index (Phi) is 3.26. The van der Waals surface area contributed by atoms with Crippen LogP contribution in [0.5, 0.6) is 0 Å². The molecule has 0 saturated heterocycles. The molecule has 0 aliphatic rings. The Morgan fingerprint density at radius 1 is 1.29 bits per heavy atom. The maximum atomic E-state index is 8.73. The molecule has 2 aromatic heterocycles. The molecule has 0 aromatic carbocycles. The molecule has 2 rings (SSSR count). The number of hydrogen-bond acceptors (Lipinski definition) is 5. The fraction of sp³-hybridized carbons (Fsp3) is 0.167. The van der Waals surface area contributed by atoms with Gasteiger partial charge in [-0.1, -0.05) is 0 Å². The van der Waals surface area contributed by atoms with Gasteiger partial charge < -0.3 is 5.32 Å². The molecular formula is C12H11N5. The van der Waals surface area contributed by atoms with Crippen molar-refractivity contribution in [2.24, 2.45) is 0 Å². The summed E-state index contributed by atoms with van der Waals surface area (Å²) in [6, 6.07) is 7.43. The predicted molar refractivity (Wildman–Crippen MR) is 63.0 cm³/mol. The van der Waals surface area contributed by atoms with E-state index in [1.54, 1.807) is 18.5 Å². The number of anilines is 1. The molecule has 1 N–H and O–H groups in total. The zero-order valence-electron chi connectivity index (χ0n) is 9.38. The lowest BCUT2D eigenvalue weighted by atomic mass is 10.2. The van der Waals surface area contributed by atoms with Gasteiger partial charge in [-0.2, -0.15) is 5.26 Å². The lowest BCUT2D eigenvalue weighted by molar-refractivity contribution is 1.02. The normalized spacial score (nSPS) is 9.65. The van der Waals surface area contributed by atoms with E-state index in [0.717, 1.165) is 11.3 Å². The van der Waals surface area contributed by atoms with Crippen molar-refractivity contribution in [3.05, 3.63) is 47.5 Å². The van der Waals surface area contributed by atoms with Gasteiger partial charge >= 0.3 is 0 Å². The number of rotatable bonds is 3. The molecule has 0 atom stereocenters. The Labute approximate surface area is 99.2 Å². The van der Waals surface area contributed by atoms with Crippen LogP contribution in [0.3, 0.4) is 0 Å². The SMILES string of the molecule is Cc1ccnc(NCc2ccnc(C#N)c2)n1. The van der Waals surface area contributed by atoms with Gasteiger partial charge in [0.25, 0.3) is 0 Å². The molecule has 0 radical (unpaired) electrons. The van der Waals surface area contributed by atoms with Gasteiger partial charge in [-0.25, -0.2) is 15.0 Å². The van der Waals surface area contributed by atoms with E-state index in [1.807, 2.05) is 25.1 Å². The van der Waals surface area contributed by atoms with Crippen molar-refractivity contribution in [1.29, 1.82) is 5.26 Å². The van der Waals surface area contributed by atoms with E-state index in [1.165, 1.54) is 0 Å². The first-order chi connectivity index (χ1) is 8.28. The van der Waals surface area contributed by atoms with Crippen molar-refractivity contribution in [1.82, 2.24) is 15.0 Å². The highest BCUT2D eigenvalue weighted by molar-refractivity contribution is 5.30. The first-order valence-electron chi connectivity index (χ1n) is 5.16. The average molecular weight is 225 g/mol. The third-order valence-electron chi connectivity index (χ3n) is 2.18. The van der Waals surface area contributed by atoms with Crippen LogP contribution in [-0.4, -0.2) is 15.0 Å². The van der Waals surface area contributed by atoms with Crippen molar-refractivity contribution < 1.29 is 0 Å². The molecule has 0 aliphatic carbocycles. The van der Waals surface area contributed by atoms with Crippen LogP contribution in [0.4, 0.5) is 5.95 Å². The quantitative estimate of drug-likeness (QED) is 0.859. The zero-order chi connectivity index (χ0) is 12.1. The van der Waals surface area contributed by atoms with Gasteiger partial charge in [-0.3, -0.25) is 0 Å². The summed E-state index contributed by atoms with van der Waals surface area (Å²) < 4.78 is 0. The van der Waals surface area contributed by atoms with Crippen molar-refractivity contribution in [3.8, 4) is 6.07 Å². The topological polar surface area (TPSA) is 74.5 Å². The molecule has 5 heteroatoms. The van der Waals surface area contributed by atoms with E-state index < -0.39 is 0 Å². The van der Waals surface area contributed by atoms with Gasteiger partial charge in [-0.15, -0.1) is 0 Å². The van der Waals surface area contributed by atoms with Crippen LogP contribution in [0.2, 0.25) is 0 Å². The van der Waals surface area contributed by atoms with E-state index in [0.29, 0.717) is 18.2 Å². The molecule has 2 aromatic rings. The highest BCUT2D eigenvalue weighted by Crippen LogP contribution is 2.05. The second-order valence-corrected chi connectivity index (χ2v) is 3.54. The summed E-state index contributed by atoms with van der Waals surface area (Å²) in [7, 11) is 0. The largest absolute Gasteiger partial charge is 0.350 e. The lowest BCUT2D eigenvalue weighted by Crippen LogP contribution is -2.04. The number of nitriles is 1. The van der Waals surface area contributed by atoms with E-state index in [9.17, 15) is 0 Å². The Hall–Kier alpha value is -2.48. The van der Waals surface area contributed by atoms with Crippen LogP contribution in [0.1, 0.15) is 17.0 Å². The molecule has 2 heterocycles. The van der Waals surface area contributed by atoms with Gasteiger partial charge in [0.1, 0.15) is 11.8 Å². The summed E-state index contributed by atoms with van der Waals surface area (Å²) in [5.74, 6) is 0.584. The van der Waals surface area contributed by atoms with Crippen molar-refractivity contribution in [2.75, 3.05) is 5.32 Å². The lowest BCUT2D eigenvalue weighted by Gasteiger charge is -2.04. The van der Waals surface area contributed by atoms with Crippen LogP contribution in [0, 0.1) is 18.3 Å². The Bertz CT molecular complexity index is 559. The van der Waals surface area contributed by atoms with E-state index in [4.69, 9.17) is 5.26 Å². The molecule has 0 spiro atoms. The first-order valence-corrected chi connectivity index (χ1v) is 5.16. The maximum absolute atomic E-state index is 8.73. The first kappa shape index (κ1) is 11.0. The number of nitrogens with one attached hydrogen (secondary N) is 1.